The van der Waals surface area contributed by atoms with Crippen LogP contribution in [0.1, 0.15) is 17.0 Å². The summed E-state index contributed by atoms with van der Waals surface area (Å²) >= 11 is 0. The van der Waals surface area contributed by atoms with Crippen molar-refractivity contribution in [2.45, 2.75) is 6.42 Å². The van der Waals surface area contributed by atoms with E-state index in [4.69, 9.17) is 4.74 Å². The van der Waals surface area contributed by atoms with Crippen LogP contribution in [0.5, 0.6) is 0 Å². The molecule has 4 heteroatoms. The van der Waals surface area contributed by atoms with Crippen LogP contribution in [0.2, 0.25) is 0 Å². The fourth-order valence-electron chi connectivity index (χ4n) is 1.53. The molecule has 1 unspecified atom stereocenters. The SMILES string of the molecule is Cn1ccnc1C(=O)C1CCOC1. The minimum Gasteiger partial charge on any atom is -0.381 e. The second kappa shape index (κ2) is 3.30. The van der Waals surface area contributed by atoms with Crippen LogP contribution >= 0.6 is 0 Å². The molecule has 1 aromatic heterocycles. The monoisotopic (exact) mass is 180 g/mol. The average molecular weight is 180 g/mol. The van der Waals surface area contributed by atoms with Gasteiger partial charge in [0, 0.05) is 26.0 Å². The van der Waals surface area contributed by atoms with E-state index in [0.717, 1.165) is 6.42 Å². The molecule has 2 heterocycles. The number of rotatable bonds is 2. The van der Waals surface area contributed by atoms with E-state index in [2.05, 4.69) is 4.98 Å². The van der Waals surface area contributed by atoms with Crippen molar-refractivity contribution >= 4 is 5.78 Å². The Kier molecular flexibility index (Phi) is 2.14. The molecule has 0 N–H and O–H groups in total. The fourth-order valence-corrected chi connectivity index (χ4v) is 1.53. The minimum atomic E-state index is 0.0149. The molecule has 0 amide bonds. The first kappa shape index (κ1) is 8.44. The van der Waals surface area contributed by atoms with Gasteiger partial charge in [0.05, 0.1) is 12.5 Å². The lowest BCUT2D eigenvalue weighted by atomic mass is 10.0. The minimum absolute atomic E-state index is 0.0149. The number of aryl methyl sites for hydroxylation is 1. The topological polar surface area (TPSA) is 44.1 Å². The van der Waals surface area contributed by atoms with Gasteiger partial charge in [-0.25, -0.2) is 4.98 Å². The number of carbonyl (C=O) groups excluding carboxylic acids is 1. The third-order valence-electron chi connectivity index (χ3n) is 2.34. The predicted molar refractivity (Wildman–Crippen MR) is 46.5 cm³/mol. The molecule has 13 heavy (non-hydrogen) atoms. The lowest BCUT2D eigenvalue weighted by Gasteiger charge is -2.05. The Labute approximate surface area is 76.5 Å². The van der Waals surface area contributed by atoms with Gasteiger partial charge in [0.15, 0.2) is 5.82 Å². The second-order valence-electron chi connectivity index (χ2n) is 3.29. The van der Waals surface area contributed by atoms with E-state index in [0.29, 0.717) is 19.0 Å². The van der Waals surface area contributed by atoms with Crippen LogP contribution in [-0.2, 0) is 11.8 Å². The molecule has 1 aliphatic heterocycles. The van der Waals surface area contributed by atoms with Crippen LogP contribution in [0.15, 0.2) is 12.4 Å². The maximum absolute atomic E-state index is 11.8. The normalized spacial score (nSPS) is 22.1. The van der Waals surface area contributed by atoms with Gasteiger partial charge < -0.3 is 9.30 Å². The van der Waals surface area contributed by atoms with Gasteiger partial charge in [0.1, 0.15) is 0 Å². The Hall–Kier alpha value is -1.16. The first-order chi connectivity index (χ1) is 6.29. The van der Waals surface area contributed by atoms with Crippen LogP contribution in [0, 0.1) is 5.92 Å². The van der Waals surface area contributed by atoms with Gasteiger partial charge in [-0.05, 0) is 6.42 Å². The Morgan fingerprint density at radius 3 is 3.15 bits per heavy atom. The first-order valence-corrected chi connectivity index (χ1v) is 4.38. The molecule has 0 saturated carbocycles. The summed E-state index contributed by atoms with van der Waals surface area (Å²) in [7, 11) is 1.83. The highest BCUT2D eigenvalue weighted by Gasteiger charge is 2.26. The lowest BCUT2D eigenvalue weighted by Crippen LogP contribution is -2.18. The van der Waals surface area contributed by atoms with Crippen LogP contribution in [0.25, 0.3) is 0 Å². The maximum atomic E-state index is 11.8. The smallest absolute Gasteiger partial charge is 0.203 e. The molecule has 0 bridgehead atoms. The number of imidazole rings is 1. The van der Waals surface area contributed by atoms with Gasteiger partial charge in [-0.3, -0.25) is 4.79 Å². The molecule has 1 saturated heterocycles. The van der Waals surface area contributed by atoms with Crippen molar-refractivity contribution in [3.05, 3.63) is 18.2 Å². The fraction of sp³-hybridized carbons (Fsp3) is 0.556. The van der Waals surface area contributed by atoms with Gasteiger partial charge in [0.2, 0.25) is 5.78 Å². The lowest BCUT2D eigenvalue weighted by molar-refractivity contribution is 0.0886. The van der Waals surface area contributed by atoms with Gasteiger partial charge in [0.25, 0.3) is 0 Å². The molecule has 2 rings (SSSR count). The van der Waals surface area contributed by atoms with Gasteiger partial charge in [-0.2, -0.15) is 0 Å². The van der Waals surface area contributed by atoms with Gasteiger partial charge in [-0.15, -0.1) is 0 Å². The van der Waals surface area contributed by atoms with Gasteiger partial charge >= 0.3 is 0 Å². The van der Waals surface area contributed by atoms with Crippen molar-refractivity contribution in [3.63, 3.8) is 0 Å². The maximum Gasteiger partial charge on any atom is 0.203 e. The van der Waals surface area contributed by atoms with E-state index in [9.17, 15) is 4.79 Å². The highest BCUT2D eigenvalue weighted by atomic mass is 16.5. The summed E-state index contributed by atoms with van der Waals surface area (Å²) in [6.45, 7) is 1.24. The number of ketones is 1. The summed E-state index contributed by atoms with van der Waals surface area (Å²) in [6.07, 6.45) is 4.25. The van der Waals surface area contributed by atoms with Crippen LogP contribution in [-0.4, -0.2) is 28.5 Å². The van der Waals surface area contributed by atoms with Crippen molar-refractivity contribution < 1.29 is 9.53 Å². The Balaban J connectivity index is 2.17. The summed E-state index contributed by atoms with van der Waals surface area (Å²) in [5.41, 5.74) is 0. The van der Waals surface area contributed by atoms with Gasteiger partial charge in [-0.1, -0.05) is 0 Å². The van der Waals surface area contributed by atoms with Crippen LogP contribution in [0.4, 0.5) is 0 Å². The zero-order valence-corrected chi connectivity index (χ0v) is 7.56. The molecule has 4 nitrogen and oxygen atoms in total. The van der Waals surface area contributed by atoms with Crippen LogP contribution in [0.3, 0.4) is 0 Å². The highest BCUT2D eigenvalue weighted by molar-refractivity contribution is 5.94. The van der Waals surface area contributed by atoms with Crippen molar-refractivity contribution in [2.24, 2.45) is 13.0 Å². The zero-order chi connectivity index (χ0) is 9.26. The molecular formula is C9H12N2O2. The number of ether oxygens (including phenoxy) is 1. The molecule has 0 aromatic carbocycles. The van der Waals surface area contributed by atoms with E-state index in [1.165, 1.54) is 0 Å². The molecule has 0 radical (unpaired) electrons. The first-order valence-electron chi connectivity index (χ1n) is 4.38. The summed E-state index contributed by atoms with van der Waals surface area (Å²) in [6, 6.07) is 0. The zero-order valence-electron chi connectivity index (χ0n) is 7.56. The number of aromatic nitrogens is 2. The quantitative estimate of drug-likeness (QED) is 0.627. The molecule has 1 aliphatic rings. The number of hydrogen-bond acceptors (Lipinski definition) is 3. The molecule has 1 atom stereocenters. The standard InChI is InChI=1S/C9H12N2O2/c1-11-4-3-10-9(11)8(12)7-2-5-13-6-7/h3-4,7H,2,5-6H2,1H3. The van der Waals surface area contributed by atoms with Crippen molar-refractivity contribution in [1.82, 2.24) is 9.55 Å². The highest BCUT2D eigenvalue weighted by Crippen LogP contribution is 2.16. The Morgan fingerprint density at radius 2 is 2.62 bits per heavy atom. The van der Waals surface area contributed by atoms with E-state index >= 15 is 0 Å². The summed E-state index contributed by atoms with van der Waals surface area (Å²) < 4.78 is 6.91. The number of nitrogens with zero attached hydrogens (tertiary/aromatic N) is 2. The van der Waals surface area contributed by atoms with Crippen molar-refractivity contribution in [2.75, 3.05) is 13.2 Å². The number of carbonyl (C=O) groups is 1. The molecule has 1 aromatic rings. The molecule has 0 aliphatic carbocycles. The van der Waals surface area contributed by atoms with Crippen molar-refractivity contribution in [3.8, 4) is 0 Å². The number of Topliss-reactive ketones (excluding diaryl/α,β-unsaturated/α-hetero) is 1. The van der Waals surface area contributed by atoms with E-state index in [1.807, 2.05) is 7.05 Å². The second-order valence-corrected chi connectivity index (χ2v) is 3.29. The summed E-state index contributed by atoms with van der Waals surface area (Å²) in [5, 5.41) is 0. The molecule has 1 fully saturated rings. The average Bonchev–Trinajstić information content (AvgIpc) is 2.72. The molecular weight excluding hydrogens is 168 g/mol. The predicted octanol–water partition coefficient (Wildman–Crippen LogP) is 0.639. The summed E-state index contributed by atoms with van der Waals surface area (Å²) in [5.74, 6) is 0.654. The largest absolute Gasteiger partial charge is 0.381 e. The van der Waals surface area contributed by atoms with Crippen LogP contribution < -0.4 is 0 Å². The summed E-state index contributed by atoms with van der Waals surface area (Å²) in [4.78, 5) is 15.8. The third kappa shape index (κ3) is 1.49. The van der Waals surface area contributed by atoms with E-state index < -0.39 is 0 Å². The Bertz CT molecular complexity index is 313. The van der Waals surface area contributed by atoms with E-state index in [1.54, 1.807) is 17.0 Å². The number of hydrogen-bond donors (Lipinski definition) is 0. The van der Waals surface area contributed by atoms with E-state index in [-0.39, 0.29) is 11.7 Å². The van der Waals surface area contributed by atoms with Crippen molar-refractivity contribution in [1.29, 1.82) is 0 Å². The molecule has 70 valence electrons. The molecule has 0 spiro atoms. The Morgan fingerprint density at radius 1 is 1.77 bits per heavy atom. The third-order valence-corrected chi connectivity index (χ3v) is 2.34.